The lowest BCUT2D eigenvalue weighted by molar-refractivity contribution is -0.155. The summed E-state index contributed by atoms with van der Waals surface area (Å²) in [5.41, 5.74) is -0.286. The van der Waals surface area contributed by atoms with Crippen molar-refractivity contribution in [3.05, 3.63) is 29.3 Å². The average molecular weight is 363 g/mol. The Morgan fingerprint density at radius 1 is 1.19 bits per heavy atom. The summed E-state index contributed by atoms with van der Waals surface area (Å²) in [6, 6.07) is 4.37. The Balaban J connectivity index is 2.03. The van der Waals surface area contributed by atoms with Gasteiger partial charge >= 0.3 is 12.0 Å². The van der Waals surface area contributed by atoms with Crippen molar-refractivity contribution in [2.45, 2.75) is 38.7 Å². The number of aliphatic carboxylic acids is 1. The molecule has 2 rings (SSSR count). The highest BCUT2D eigenvalue weighted by atomic mass is 16.4. The van der Waals surface area contributed by atoms with Crippen LogP contribution >= 0.6 is 0 Å². The minimum Gasteiger partial charge on any atom is -0.479 e. The fraction of sp³-hybridized carbons (Fsp3) is 0.500. The predicted molar refractivity (Wildman–Crippen MR) is 96.2 cm³/mol. The van der Waals surface area contributed by atoms with Gasteiger partial charge in [0.1, 0.15) is 0 Å². The van der Waals surface area contributed by atoms with Crippen LogP contribution in [0.3, 0.4) is 0 Å². The van der Waals surface area contributed by atoms with Crippen molar-refractivity contribution < 1.29 is 24.6 Å². The molecule has 8 nitrogen and oxygen atoms in total. The lowest BCUT2D eigenvalue weighted by Crippen LogP contribution is -2.47. The summed E-state index contributed by atoms with van der Waals surface area (Å²) < 4.78 is 0. The van der Waals surface area contributed by atoms with Crippen LogP contribution in [0.1, 0.15) is 42.1 Å². The Morgan fingerprint density at radius 3 is 2.46 bits per heavy atom. The molecule has 0 bridgehead atoms. The molecule has 1 fully saturated rings. The lowest BCUT2D eigenvalue weighted by atomic mass is 10.0. The maximum Gasteiger partial charge on any atom is 0.337 e. The van der Waals surface area contributed by atoms with E-state index in [1.165, 1.54) is 0 Å². The summed E-state index contributed by atoms with van der Waals surface area (Å²) in [5, 5.41) is 23.3. The molecule has 1 atom stereocenters. The normalized spacial score (nSPS) is 16.5. The Kier molecular flexibility index (Phi) is 6.20. The SMILES string of the molecule is Cc1ccc(NC(=O)NCC(C)(O)C(=O)O)cc1C(=O)N1CCCCC1. The lowest BCUT2D eigenvalue weighted by Gasteiger charge is -2.27. The molecule has 0 saturated carbocycles. The number of amides is 3. The third-order valence-electron chi connectivity index (χ3n) is 4.42. The zero-order chi connectivity index (χ0) is 19.3. The molecule has 26 heavy (non-hydrogen) atoms. The molecule has 3 amide bonds. The maximum atomic E-state index is 12.7. The van der Waals surface area contributed by atoms with Gasteiger partial charge in [-0.25, -0.2) is 9.59 Å². The molecule has 1 saturated heterocycles. The average Bonchev–Trinajstić information content (AvgIpc) is 2.62. The van der Waals surface area contributed by atoms with Crippen LogP contribution in [0.15, 0.2) is 18.2 Å². The molecule has 0 spiro atoms. The van der Waals surface area contributed by atoms with E-state index >= 15 is 0 Å². The molecule has 1 aromatic carbocycles. The largest absolute Gasteiger partial charge is 0.479 e. The van der Waals surface area contributed by atoms with E-state index in [-0.39, 0.29) is 5.91 Å². The predicted octanol–water partition coefficient (Wildman–Crippen LogP) is 1.58. The zero-order valence-corrected chi connectivity index (χ0v) is 15.0. The number of nitrogens with one attached hydrogen (secondary N) is 2. The molecule has 4 N–H and O–H groups in total. The molecule has 1 aliphatic rings. The van der Waals surface area contributed by atoms with Gasteiger partial charge in [-0.3, -0.25) is 4.79 Å². The molecule has 0 radical (unpaired) electrons. The fourth-order valence-corrected chi connectivity index (χ4v) is 2.70. The highest BCUT2D eigenvalue weighted by Gasteiger charge is 2.30. The smallest absolute Gasteiger partial charge is 0.337 e. The number of aryl methyl sites for hydroxylation is 1. The summed E-state index contributed by atoms with van der Waals surface area (Å²) in [5.74, 6) is -1.48. The van der Waals surface area contributed by atoms with E-state index in [9.17, 15) is 19.5 Å². The van der Waals surface area contributed by atoms with Crippen molar-refractivity contribution in [2.75, 3.05) is 25.0 Å². The number of anilines is 1. The van der Waals surface area contributed by atoms with Gasteiger partial charge in [0.05, 0.1) is 6.54 Å². The van der Waals surface area contributed by atoms with Gasteiger partial charge in [-0.2, -0.15) is 0 Å². The minimum absolute atomic E-state index is 0.0555. The zero-order valence-electron chi connectivity index (χ0n) is 15.0. The van der Waals surface area contributed by atoms with Gasteiger partial charge in [-0.05, 0) is 50.8 Å². The van der Waals surface area contributed by atoms with Crippen molar-refractivity contribution >= 4 is 23.6 Å². The molecule has 1 unspecified atom stereocenters. The van der Waals surface area contributed by atoms with Crippen molar-refractivity contribution in [3.63, 3.8) is 0 Å². The minimum atomic E-state index is -2.06. The van der Waals surface area contributed by atoms with E-state index in [4.69, 9.17) is 5.11 Å². The van der Waals surface area contributed by atoms with Crippen LogP contribution < -0.4 is 10.6 Å². The standard InChI is InChI=1S/C18H25N3O5/c1-12-6-7-13(20-17(25)19-11-18(2,26)16(23)24)10-14(12)15(22)21-8-4-3-5-9-21/h6-7,10,26H,3-5,8-9,11H2,1-2H3,(H,23,24)(H2,19,20,25). The second-order valence-electron chi connectivity index (χ2n) is 6.77. The molecular weight excluding hydrogens is 338 g/mol. The van der Waals surface area contributed by atoms with Crippen LogP contribution in [0, 0.1) is 6.92 Å². The fourth-order valence-electron chi connectivity index (χ4n) is 2.70. The summed E-state index contributed by atoms with van der Waals surface area (Å²) in [6.07, 6.45) is 3.12. The van der Waals surface area contributed by atoms with Crippen LogP contribution in [0.5, 0.6) is 0 Å². The number of rotatable bonds is 5. The number of carbonyl (C=O) groups excluding carboxylic acids is 2. The molecule has 142 valence electrons. The van der Waals surface area contributed by atoms with Crippen molar-refractivity contribution in [1.29, 1.82) is 0 Å². The van der Waals surface area contributed by atoms with Gasteiger partial charge in [-0.1, -0.05) is 6.07 Å². The second kappa shape index (κ2) is 8.18. The van der Waals surface area contributed by atoms with Gasteiger partial charge in [0.15, 0.2) is 5.60 Å². The number of carboxylic acid groups (broad SMARTS) is 1. The number of nitrogens with zero attached hydrogens (tertiary/aromatic N) is 1. The number of likely N-dealkylation sites (tertiary alicyclic amines) is 1. The van der Waals surface area contributed by atoms with Crippen LogP contribution in [-0.2, 0) is 4.79 Å². The van der Waals surface area contributed by atoms with E-state index in [2.05, 4.69) is 10.6 Å². The molecule has 0 aromatic heterocycles. The third kappa shape index (κ3) is 4.95. The second-order valence-corrected chi connectivity index (χ2v) is 6.77. The first-order chi connectivity index (χ1) is 12.2. The molecule has 1 aromatic rings. The van der Waals surface area contributed by atoms with Crippen molar-refractivity contribution in [3.8, 4) is 0 Å². The first-order valence-corrected chi connectivity index (χ1v) is 8.61. The van der Waals surface area contributed by atoms with Crippen LogP contribution in [0.25, 0.3) is 0 Å². The molecule has 1 aliphatic heterocycles. The summed E-state index contributed by atoms with van der Waals surface area (Å²) in [6.45, 7) is 3.96. The molecule has 8 heteroatoms. The number of aliphatic hydroxyl groups is 1. The summed E-state index contributed by atoms with van der Waals surface area (Å²) in [7, 11) is 0. The number of hydrogen-bond acceptors (Lipinski definition) is 4. The van der Waals surface area contributed by atoms with Crippen molar-refractivity contribution in [2.24, 2.45) is 0 Å². The van der Waals surface area contributed by atoms with E-state index in [1.54, 1.807) is 18.2 Å². The monoisotopic (exact) mass is 363 g/mol. The van der Waals surface area contributed by atoms with Gasteiger partial charge in [0.2, 0.25) is 0 Å². The molecule has 0 aliphatic carbocycles. The Bertz CT molecular complexity index is 696. The quantitative estimate of drug-likeness (QED) is 0.633. The molecular formula is C18H25N3O5. The summed E-state index contributed by atoms with van der Waals surface area (Å²) >= 11 is 0. The first kappa shape index (κ1) is 19.7. The van der Waals surface area contributed by atoms with E-state index in [0.717, 1.165) is 44.8 Å². The van der Waals surface area contributed by atoms with E-state index < -0.39 is 24.1 Å². The van der Waals surface area contributed by atoms with Crippen molar-refractivity contribution in [1.82, 2.24) is 10.2 Å². The number of benzene rings is 1. The Morgan fingerprint density at radius 2 is 1.85 bits per heavy atom. The number of urea groups is 1. The Hall–Kier alpha value is -2.61. The number of carboxylic acids is 1. The Labute approximate surface area is 152 Å². The third-order valence-corrected chi connectivity index (χ3v) is 4.42. The van der Waals surface area contributed by atoms with Gasteiger partial charge in [-0.15, -0.1) is 0 Å². The topological polar surface area (TPSA) is 119 Å². The van der Waals surface area contributed by atoms with Gasteiger partial charge in [0, 0.05) is 24.3 Å². The summed E-state index contributed by atoms with van der Waals surface area (Å²) in [4.78, 5) is 37.3. The number of carbonyl (C=O) groups is 3. The van der Waals surface area contributed by atoms with Crippen LogP contribution in [0.2, 0.25) is 0 Å². The molecule has 1 heterocycles. The number of piperidine rings is 1. The number of hydrogen-bond donors (Lipinski definition) is 4. The van der Waals surface area contributed by atoms with Crippen LogP contribution in [0.4, 0.5) is 10.5 Å². The van der Waals surface area contributed by atoms with Crippen LogP contribution in [-0.4, -0.2) is 58.3 Å². The van der Waals surface area contributed by atoms with E-state index in [0.29, 0.717) is 11.3 Å². The van der Waals surface area contributed by atoms with Gasteiger partial charge < -0.3 is 25.7 Å². The highest BCUT2D eigenvalue weighted by Crippen LogP contribution is 2.19. The van der Waals surface area contributed by atoms with E-state index in [1.807, 2.05) is 11.8 Å². The van der Waals surface area contributed by atoms with Gasteiger partial charge in [0.25, 0.3) is 5.91 Å². The highest BCUT2D eigenvalue weighted by molar-refractivity contribution is 5.98. The first-order valence-electron chi connectivity index (χ1n) is 8.61. The maximum absolute atomic E-state index is 12.7.